The maximum atomic E-state index is 14.0. The van der Waals surface area contributed by atoms with Gasteiger partial charge in [0, 0.05) is 4.90 Å². The smallest absolute Gasteiger partial charge is 0.398 e. The van der Waals surface area contributed by atoms with Gasteiger partial charge in [-0.05, 0) is 47.0 Å². The molecule has 0 aliphatic rings. The Morgan fingerprint density at radius 3 is 2.67 bits per heavy atom. The molecule has 1 aromatic heterocycles. The molecule has 0 aliphatic heterocycles. The highest BCUT2D eigenvalue weighted by Gasteiger charge is 2.27. The molecule has 2 rings (SSSR count). The monoisotopic (exact) mass is 467 g/mol. The average Bonchev–Trinajstić information content (AvgIpc) is 2.59. The van der Waals surface area contributed by atoms with Crippen LogP contribution in [0.1, 0.15) is 18.2 Å². The van der Waals surface area contributed by atoms with E-state index in [0.717, 1.165) is 16.6 Å². The van der Waals surface area contributed by atoms with Crippen LogP contribution in [0, 0.1) is 12.7 Å². The lowest BCUT2D eigenvalue weighted by atomic mass is 10.2. The maximum absolute atomic E-state index is 14.0. The fourth-order valence-electron chi connectivity index (χ4n) is 2.17. The van der Waals surface area contributed by atoms with E-state index in [9.17, 15) is 17.6 Å². The summed E-state index contributed by atoms with van der Waals surface area (Å²) in [6.07, 6.45) is -2.11. The van der Waals surface area contributed by atoms with Gasteiger partial charge in [-0.25, -0.2) is 14.4 Å². The number of hydrogen-bond donors (Lipinski definition) is 1. The number of aromatic nitrogens is 2. The van der Waals surface area contributed by atoms with Crippen molar-refractivity contribution in [2.75, 3.05) is 24.2 Å². The van der Waals surface area contributed by atoms with Gasteiger partial charge in [0.05, 0.1) is 22.5 Å². The van der Waals surface area contributed by atoms with Crippen LogP contribution in [0.25, 0.3) is 0 Å². The largest absolute Gasteiger partial charge is 0.489 e. The van der Waals surface area contributed by atoms with Crippen LogP contribution in [0.2, 0.25) is 0 Å². The summed E-state index contributed by atoms with van der Waals surface area (Å²) >= 11 is 4.03. The van der Waals surface area contributed by atoms with Gasteiger partial charge in [0.15, 0.2) is 11.6 Å². The summed E-state index contributed by atoms with van der Waals surface area (Å²) in [6, 6.07) is 2.48. The number of aryl methyl sites for hydroxylation is 2. The Hall–Kier alpha value is -1.55. The summed E-state index contributed by atoms with van der Waals surface area (Å²) < 4.78 is 57.4. The minimum absolute atomic E-state index is 0.0805. The lowest BCUT2D eigenvalue weighted by molar-refractivity contribution is -0.105. The Bertz CT molecular complexity index is 790. The third-order valence-corrected chi connectivity index (χ3v) is 5.53. The molecule has 1 aromatic carbocycles. The Morgan fingerprint density at radius 1 is 1.26 bits per heavy atom. The molecule has 10 heteroatoms. The van der Waals surface area contributed by atoms with Gasteiger partial charge in [-0.1, -0.05) is 6.92 Å². The number of thioether (sulfide) groups is 1. The average molecular weight is 468 g/mol. The van der Waals surface area contributed by atoms with E-state index in [1.165, 1.54) is 18.5 Å². The first kappa shape index (κ1) is 21.7. The predicted octanol–water partition coefficient (Wildman–Crippen LogP) is 5.39. The lowest BCUT2D eigenvalue weighted by Crippen LogP contribution is -2.14. The second kappa shape index (κ2) is 9.59. The molecule has 0 radical (unpaired) electrons. The van der Waals surface area contributed by atoms with Gasteiger partial charge in [-0.2, -0.15) is 13.2 Å². The zero-order chi connectivity index (χ0) is 20.0. The zero-order valence-electron chi connectivity index (χ0n) is 14.7. The Kier molecular flexibility index (Phi) is 7.72. The van der Waals surface area contributed by atoms with Gasteiger partial charge in [0.25, 0.3) is 0 Å². The molecule has 0 atom stereocenters. The van der Waals surface area contributed by atoms with E-state index in [4.69, 9.17) is 4.74 Å². The van der Waals surface area contributed by atoms with Crippen LogP contribution in [0.3, 0.4) is 0 Å². The first-order valence-electron chi connectivity index (χ1n) is 8.07. The van der Waals surface area contributed by atoms with Crippen molar-refractivity contribution in [3.8, 4) is 5.75 Å². The molecule has 0 aliphatic carbocycles. The van der Waals surface area contributed by atoms with Crippen molar-refractivity contribution in [2.45, 2.75) is 31.3 Å². The van der Waals surface area contributed by atoms with Crippen molar-refractivity contribution >= 4 is 33.5 Å². The number of halogens is 5. The fraction of sp³-hybridized carbons (Fsp3) is 0.412. The van der Waals surface area contributed by atoms with Crippen LogP contribution in [0.15, 0.2) is 27.8 Å². The highest BCUT2D eigenvalue weighted by molar-refractivity contribution is 9.10. The zero-order valence-corrected chi connectivity index (χ0v) is 17.1. The van der Waals surface area contributed by atoms with Gasteiger partial charge in [-0.3, -0.25) is 0 Å². The maximum Gasteiger partial charge on any atom is 0.398 e. The van der Waals surface area contributed by atoms with Gasteiger partial charge in [0.1, 0.15) is 18.8 Å². The number of ether oxygens (including phenoxy) is 1. The molecule has 2 aromatic rings. The lowest BCUT2D eigenvalue weighted by Gasteiger charge is -2.13. The molecule has 0 amide bonds. The summed E-state index contributed by atoms with van der Waals surface area (Å²) in [5.74, 6) is -1.14. The highest BCUT2D eigenvalue weighted by Crippen LogP contribution is 2.33. The van der Waals surface area contributed by atoms with Crippen LogP contribution in [0.4, 0.5) is 23.4 Å². The van der Waals surface area contributed by atoms with Crippen molar-refractivity contribution in [3.05, 3.63) is 40.0 Å². The molecule has 0 bridgehead atoms. The Morgan fingerprint density at radius 2 is 2.00 bits per heavy atom. The van der Waals surface area contributed by atoms with Crippen molar-refractivity contribution in [2.24, 2.45) is 0 Å². The molecule has 0 spiro atoms. The van der Waals surface area contributed by atoms with E-state index in [2.05, 4.69) is 31.2 Å². The second-order valence-electron chi connectivity index (χ2n) is 5.56. The third-order valence-electron chi connectivity index (χ3n) is 3.47. The molecular formula is C17H18BrF4N3OS. The molecule has 0 fully saturated rings. The molecule has 4 nitrogen and oxygen atoms in total. The van der Waals surface area contributed by atoms with Crippen molar-refractivity contribution in [1.82, 2.24) is 9.97 Å². The highest BCUT2D eigenvalue weighted by atomic mass is 79.9. The summed E-state index contributed by atoms with van der Waals surface area (Å²) in [4.78, 5) is 8.59. The quantitative estimate of drug-likeness (QED) is 0.320. The third kappa shape index (κ3) is 6.53. The number of rotatable bonds is 8. The summed E-state index contributed by atoms with van der Waals surface area (Å²) in [5.41, 5.74) is 1.29. The van der Waals surface area contributed by atoms with E-state index < -0.39 is 17.7 Å². The molecule has 1 N–H and O–H groups in total. The molecule has 0 unspecified atom stereocenters. The van der Waals surface area contributed by atoms with Gasteiger partial charge in [-0.15, -0.1) is 11.8 Å². The first-order valence-corrected chi connectivity index (χ1v) is 9.85. The number of benzene rings is 1. The standard InChI is InChI=1S/C17H18BrF4N3OS/c1-3-12-15(18)16(25-9-24-12)23-4-5-26-13-7-14(10(2)6-11(13)19)27-8-17(20,21)22/h6-7,9H,3-5,8H2,1-2H3,(H,23,24,25). The van der Waals surface area contributed by atoms with Crippen molar-refractivity contribution < 1.29 is 22.3 Å². The summed E-state index contributed by atoms with van der Waals surface area (Å²) in [6.45, 7) is 3.97. The Labute approximate surface area is 167 Å². The number of alkyl halides is 3. The minimum atomic E-state index is -4.29. The normalized spacial score (nSPS) is 11.5. The van der Waals surface area contributed by atoms with E-state index >= 15 is 0 Å². The van der Waals surface area contributed by atoms with E-state index in [1.54, 1.807) is 6.92 Å². The van der Waals surface area contributed by atoms with Gasteiger partial charge in [0.2, 0.25) is 0 Å². The SMILES string of the molecule is CCc1ncnc(NCCOc2cc(SCC(F)(F)F)c(C)cc2F)c1Br. The second-order valence-corrected chi connectivity index (χ2v) is 7.37. The number of hydrogen-bond acceptors (Lipinski definition) is 5. The molecular weight excluding hydrogens is 450 g/mol. The van der Waals surface area contributed by atoms with E-state index in [1.807, 2.05) is 6.92 Å². The van der Waals surface area contributed by atoms with Gasteiger partial charge >= 0.3 is 6.18 Å². The van der Waals surface area contributed by atoms with Crippen LogP contribution < -0.4 is 10.1 Å². The topological polar surface area (TPSA) is 47.0 Å². The van der Waals surface area contributed by atoms with Crippen molar-refractivity contribution in [1.29, 1.82) is 0 Å². The molecule has 27 heavy (non-hydrogen) atoms. The van der Waals surface area contributed by atoms with Crippen LogP contribution in [-0.2, 0) is 6.42 Å². The molecule has 148 valence electrons. The van der Waals surface area contributed by atoms with Crippen molar-refractivity contribution in [3.63, 3.8) is 0 Å². The van der Waals surface area contributed by atoms with Gasteiger partial charge < -0.3 is 10.1 Å². The van der Waals surface area contributed by atoms with Crippen LogP contribution in [0.5, 0.6) is 5.75 Å². The van der Waals surface area contributed by atoms with E-state index in [-0.39, 0.29) is 12.4 Å². The minimum Gasteiger partial charge on any atom is -0.489 e. The Balaban J connectivity index is 1.95. The number of anilines is 1. The van der Waals surface area contributed by atoms with E-state index in [0.29, 0.717) is 34.6 Å². The molecule has 0 saturated carbocycles. The predicted molar refractivity (Wildman–Crippen MR) is 101 cm³/mol. The first-order chi connectivity index (χ1) is 12.7. The number of nitrogens with zero attached hydrogens (tertiary/aromatic N) is 2. The van der Waals surface area contributed by atoms with Crippen LogP contribution in [-0.4, -0.2) is 35.0 Å². The van der Waals surface area contributed by atoms with Crippen LogP contribution >= 0.6 is 27.7 Å². The summed E-state index contributed by atoms with van der Waals surface area (Å²) in [7, 11) is 0. The fourth-order valence-corrected chi connectivity index (χ4v) is 3.59. The summed E-state index contributed by atoms with van der Waals surface area (Å²) in [5, 5.41) is 3.05. The molecule has 1 heterocycles. The molecule has 0 saturated heterocycles. The number of nitrogens with one attached hydrogen (secondary N) is 1.